The molecule has 2 aromatic heterocycles. The van der Waals surface area contributed by atoms with Crippen molar-refractivity contribution in [2.75, 3.05) is 20.3 Å². The molecule has 0 spiro atoms. The van der Waals surface area contributed by atoms with Gasteiger partial charge in [-0.05, 0) is 31.7 Å². The highest BCUT2D eigenvalue weighted by Gasteiger charge is 2.28. The molecule has 0 amide bonds. The lowest BCUT2D eigenvalue weighted by molar-refractivity contribution is 0.0516. The molecule has 1 aliphatic rings. The summed E-state index contributed by atoms with van der Waals surface area (Å²) >= 11 is 0. The second-order valence-electron chi connectivity index (χ2n) is 6.05. The van der Waals surface area contributed by atoms with E-state index in [0.29, 0.717) is 18.3 Å². The Morgan fingerprint density at radius 3 is 2.96 bits per heavy atom. The molecule has 0 bridgehead atoms. The third-order valence-electron chi connectivity index (χ3n) is 4.60. The van der Waals surface area contributed by atoms with Crippen LogP contribution in [0.5, 0.6) is 5.88 Å². The van der Waals surface area contributed by atoms with Crippen LogP contribution in [-0.2, 0) is 17.8 Å². The Morgan fingerprint density at radius 1 is 1.38 bits per heavy atom. The average molecular weight is 330 g/mol. The predicted octanol–water partition coefficient (Wildman–Crippen LogP) is 2.56. The number of hydrogen-bond donors (Lipinski definition) is 1. The number of imidazole rings is 1. The summed E-state index contributed by atoms with van der Waals surface area (Å²) in [5.74, 6) is 2.27. The second-order valence-corrected chi connectivity index (χ2v) is 6.05. The van der Waals surface area contributed by atoms with Crippen LogP contribution in [0.1, 0.15) is 37.3 Å². The van der Waals surface area contributed by atoms with E-state index in [2.05, 4.69) is 26.8 Å². The van der Waals surface area contributed by atoms with Gasteiger partial charge in [-0.3, -0.25) is 0 Å². The first-order chi connectivity index (χ1) is 11.8. The second kappa shape index (κ2) is 8.26. The molecular weight excluding hydrogens is 304 g/mol. The van der Waals surface area contributed by atoms with Gasteiger partial charge in [-0.15, -0.1) is 0 Å². The molecule has 1 atom stereocenters. The predicted molar refractivity (Wildman–Crippen MR) is 91.8 cm³/mol. The Balaban J connectivity index is 1.76. The molecule has 6 nitrogen and oxygen atoms in total. The number of aromatic nitrogens is 3. The van der Waals surface area contributed by atoms with Crippen LogP contribution in [0.3, 0.4) is 0 Å². The minimum Gasteiger partial charge on any atom is -0.481 e. The molecule has 3 rings (SSSR count). The molecule has 3 heterocycles. The number of nitrogens with zero attached hydrogens (tertiary/aromatic N) is 3. The Bertz CT molecular complexity index is 637. The summed E-state index contributed by atoms with van der Waals surface area (Å²) in [5, 5.41) is 3.68. The van der Waals surface area contributed by atoms with Crippen LogP contribution < -0.4 is 10.1 Å². The van der Waals surface area contributed by atoms with Gasteiger partial charge in [0.25, 0.3) is 0 Å². The van der Waals surface area contributed by atoms with Gasteiger partial charge in [0.1, 0.15) is 5.82 Å². The topological polar surface area (TPSA) is 61.2 Å². The van der Waals surface area contributed by atoms with E-state index in [-0.39, 0.29) is 6.04 Å². The van der Waals surface area contributed by atoms with Crippen molar-refractivity contribution >= 4 is 0 Å². The van der Waals surface area contributed by atoms with Crippen molar-refractivity contribution in [1.29, 1.82) is 0 Å². The van der Waals surface area contributed by atoms with Crippen molar-refractivity contribution in [3.05, 3.63) is 42.1 Å². The highest BCUT2D eigenvalue weighted by atomic mass is 16.5. The number of hydrogen-bond acceptors (Lipinski definition) is 5. The Hall–Kier alpha value is -1.92. The van der Waals surface area contributed by atoms with Crippen LogP contribution >= 0.6 is 0 Å². The van der Waals surface area contributed by atoms with Crippen molar-refractivity contribution in [1.82, 2.24) is 19.9 Å². The Morgan fingerprint density at radius 2 is 2.21 bits per heavy atom. The molecule has 0 aliphatic carbocycles. The van der Waals surface area contributed by atoms with Crippen LogP contribution in [0.2, 0.25) is 0 Å². The van der Waals surface area contributed by atoms with Crippen LogP contribution in [-0.4, -0.2) is 34.9 Å². The zero-order chi connectivity index (χ0) is 16.8. The van der Waals surface area contributed by atoms with Gasteiger partial charge < -0.3 is 19.4 Å². The van der Waals surface area contributed by atoms with E-state index in [1.54, 1.807) is 7.11 Å². The number of nitrogens with one attached hydrogen (secondary N) is 1. The summed E-state index contributed by atoms with van der Waals surface area (Å²) in [6.07, 6.45) is 6.04. The number of aryl methyl sites for hydroxylation is 1. The fraction of sp³-hybridized carbons (Fsp3) is 0.556. The standard InChI is InChI=1S/C18H26N4O2/c1-3-22-10-9-19-18(22)17(14-7-11-24-12-8-14)20-13-15-5-4-6-16(21-15)23-2/h4-6,9-10,14,17,20H,3,7-8,11-13H2,1-2H3/t17-/m0/s1. The summed E-state index contributed by atoms with van der Waals surface area (Å²) in [6.45, 7) is 5.42. The van der Waals surface area contributed by atoms with Gasteiger partial charge in [0.2, 0.25) is 5.88 Å². The highest BCUT2D eigenvalue weighted by molar-refractivity contribution is 5.16. The molecular formula is C18H26N4O2. The molecule has 1 N–H and O–H groups in total. The van der Waals surface area contributed by atoms with Gasteiger partial charge in [0.05, 0.1) is 18.8 Å². The zero-order valence-corrected chi connectivity index (χ0v) is 14.4. The minimum absolute atomic E-state index is 0.205. The summed E-state index contributed by atoms with van der Waals surface area (Å²) < 4.78 is 13.0. The number of pyridine rings is 1. The molecule has 0 aromatic carbocycles. The average Bonchev–Trinajstić information content (AvgIpc) is 3.11. The summed E-state index contributed by atoms with van der Waals surface area (Å²) in [4.78, 5) is 9.12. The highest BCUT2D eigenvalue weighted by Crippen LogP contribution is 2.29. The summed E-state index contributed by atoms with van der Waals surface area (Å²) in [6, 6.07) is 6.06. The number of ether oxygens (including phenoxy) is 2. The molecule has 1 aliphatic heterocycles. The maximum Gasteiger partial charge on any atom is 0.213 e. The summed E-state index contributed by atoms with van der Waals surface area (Å²) in [7, 11) is 1.64. The Labute approximate surface area is 143 Å². The van der Waals surface area contributed by atoms with Gasteiger partial charge in [-0.2, -0.15) is 0 Å². The van der Waals surface area contributed by atoms with E-state index in [1.807, 2.05) is 30.6 Å². The normalized spacial score (nSPS) is 16.9. The molecule has 0 saturated carbocycles. The third kappa shape index (κ3) is 3.94. The number of methoxy groups -OCH3 is 1. The quantitative estimate of drug-likeness (QED) is 0.845. The molecule has 1 fully saturated rings. The van der Waals surface area contributed by atoms with E-state index in [4.69, 9.17) is 9.47 Å². The van der Waals surface area contributed by atoms with Crippen LogP contribution in [0.25, 0.3) is 0 Å². The van der Waals surface area contributed by atoms with Gasteiger partial charge in [0, 0.05) is 44.8 Å². The van der Waals surface area contributed by atoms with E-state index in [0.717, 1.165) is 44.1 Å². The Kier molecular flexibility index (Phi) is 5.82. The largest absolute Gasteiger partial charge is 0.481 e. The minimum atomic E-state index is 0.205. The lowest BCUT2D eigenvalue weighted by Gasteiger charge is -2.31. The van der Waals surface area contributed by atoms with Gasteiger partial charge in [0.15, 0.2) is 0 Å². The van der Waals surface area contributed by atoms with Gasteiger partial charge >= 0.3 is 0 Å². The maximum absolute atomic E-state index is 5.53. The lowest BCUT2D eigenvalue weighted by Crippen LogP contribution is -2.34. The van der Waals surface area contributed by atoms with Crippen molar-refractivity contribution in [2.24, 2.45) is 5.92 Å². The fourth-order valence-electron chi connectivity index (χ4n) is 3.27. The van der Waals surface area contributed by atoms with Crippen molar-refractivity contribution in [3.63, 3.8) is 0 Å². The van der Waals surface area contributed by atoms with E-state index in [1.165, 1.54) is 0 Å². The first-order valence-electron chi connectivity index (χ1n) is 8.64. The van der Waals surface area contributed by atoms with Crippen molar-refractivity contribution in [3.8, 4) is 5.88 Å². The monoisotopic (exact) mass is 330 g/mol. The maximum atomic E-state index is 5.53. The SMILES string of the molecule is CCn1ccnc1[C@@H](NCc1cccc(OC)n1)C1CCOCC1. The lowest BCUT2D eigenvalue weighted by atomic mass is 9.91. The third-order valence-corrected chi connectivity index (χ3v) is 4.60. The molecule has 6 heteroatoms. The fourth-order valence-corrected chi connectivity index (χ4v) is 3.27. The van der Waals surface area contributed by atoms with Crippen molar-refractivity contribution in [2.45, 2.75) is 38.9 Å². The van der Waals surface area contributed by atoms with Crippen LogP contribution in [0, 0.1) is 5.92 Å². The number of rotatable bonds is 7. The molecule has 130 valence electrons. The molecule has 2 aromatic rings. The summed E-state index contributed by atoms with van der Waals surface area (Å²) in [5.41, 5.74) is 0.973. The van der Waals surface area contributed by atoms with E-state index >= 15 is 0 Å². The molecule has 24 heavy (non-hydrogen) atoms. The van der Waals surface area contributed by atoms with Gasteiger partial charge in [-0.25, -0.2) is 9.97 Å². The molecule has 0 radical (unpaired) electrons. The van der Waals surface area contributed by atoms with Crippen LogP contribution in [0.4, 0.5) is 0 Å². The molecule has 0 unspecified atom stereocenters. The van der Waals surface area contributed by atoms with E-state index in [9.17, 15) is 0 Å². The van der Waals surface area contributed by atoms with Gasteiger partial charge in [-0.1, -0.05) is 6.07 Å². The first-order valence-corrected chi connectivity index (χ1v) is 8.64. The first kappa shape index (κ1) is 16.9. The van der Waals surface area contributed by atoms with Crippen molar-refractivity contribution < 1.29 is 9.47 Å². The zero-order valence-electron chi connectivity index (χ0n) is 14.4. The van der Waals surface area contributed by atoms with Crippen LogP contribution in [0.15, 0.2) is 30.6 Å². The smallest absolute Gasteiger partial charge is 0.213 e. The molecule has 1 saturated heterocycles. The van der Waals surface area contributed by atoms with E-state index < -0.39 is 0 Å².